The zero-order chi connectivity index (χ0) is 10.6. The number of ether oxygens (including phenoxy) is 2. The number of hydrogen-bond acceptors (Lipinski definition) is 4. The van der Waals surface area contributed by atoms with Gasteiger partial charge in [-0.1, -0.05) is 0 Å². The standard InChI is InChI=1S/C10H19NO3/c1-4-13-9(12)5-8-6-11-10(2,3)7-14-8/h8,11H,4-7H2,1-3H3/t8-/m1/s1. The third-order valence-corrected chi connectivity index (χ3v) is 2.19. The van der Waals surface area contributed by atoms with Gasteiger partial charge in [-0.2, -0.15) is 0 Å². The molecule has 0 bridgehead atoms. The van der Waals surface area contributed by atoms with Crippen LogP contribution in [0.3, 0.4) is 0 Å². The van der Waals surface area contributed by atoms with E-state index in [1.165, 1.54) is 0 Å². The lowest BCUT2D eigenvalue weighted by Crippen LogP contribution is -2.53. The van der Waals surface area contributed by atoms with Crippen molar-refractivity contribution >= 4 is 5.97 Å². The summed E-state index contributed by atoms with van der Waals surface area (Å²) >= 11 is 0. The Kier molecular flexibility index (Phi) is 3.89. The second kappa shape index (κ2) is 4.75. The number of rotatable bonds is 3. The van der Waals surface area contributed by atoms with Crippen LogP contribution >= 0.6 is 0 Å². The molecule has 1 saturated heterocycles. The number of morpholine rings is 1. The quantitative estimate of drug-likeness (QED) is 0.683. The maximum Gasteiger partial charge on any atom is 0.308 e. The molecule has 0 radical (unpaired) electrons. The summed E-state index contributed by atoms with van der Waals surface area (Å²) in [6, 6.07) is 0. The lowest BCUT2D eigenvalue weighted by molar-refractivity contribution is -0.147. The fourth-order valence-corrected chi connectivity index (χ4v) is 1.36. The van der Waals surface area contributed by atoms with Gasteiger partial charge in [0.05, 0.1) is 25.7 Å². The minimum Gasteiger partial charge on any atom is -0.466 e. The van der Waals surface area contributed by atoms with E-state index in [0.29, 0.717) is 26.2 Å². The van der Waals surface area contributed by atoms with Crippen molar-refractivity contribution < 1.29 is 14.3 Å². The molecule has 1 rings (SSSR count). The Labute approximate surface area is 85.0 Å². The second-order valence-corrected chi connectivity index (χ2v) is 4.21. The Balaban J connectivity index is 2.25. The average Bonchev–Trinajstić information content (AvgIpc) is 2.09. The number of hydrogen-bond donors (Lipinski definition) is 1. The molecule has 0 aromatic carbocycles. The van der Waals surface area contributed by atoms with Crippen LogP contribution in [0.15, 0.2) is 0 Å². The van der Waals surface area contributed by atoms with Gasteiger partial charge < -0.3 is 14.8 Å². The summed E-state index contributed by atoms with van der Waals surface area (Å²) in [5, 5.41) is 3.32. The maximum absolute atomic E-state index is 11.1. The van der Waals surface area contributed by atoms with Gasteiger partial charge in [-0.15, -0.1) is 0 Å². The Bertz CT molecular complexity index is 194. The van der Waals surface area contributed by atoms with Crippen molar-refractivity contribution in [2.75, 3.05) is 19.8 Å². The molecule has 0 aromatic heterocycles. The molecule has 1 aliphatic heterocycles. The molecule has 1 fully saturated rings. The van der Waals surface area contributed by atoms with Gasteiger partial charge in [-0.25, -0.2) is 0 Å². The SMILES string of the molecule is CCOC(=O)C[C@@H]1CNC(C)(C)CO1. The van der Waals surface area contributed by atoms with Crippen molar-refractivity contribution in [1.82, 2.24) is 5.32 Å². The van der Waals surface area contributed by atoms with E-state index in [9.17, 15) is 4.79 Å². The molecule has 82 valence electrons. The molecule has 0 unspecified atom stereocenters. The number of nitrogens with one attached hydrogen (secondary N) is 1. The first kappa shape index (κ1) is 11.5. The molecule has 1 N–H and O–H groups in total. The van der Waals surface area contributed by atoms with Crippen LogP contribution in [0.1, 0.15) is 27.2 Å². The molecule has 0 amide bonds. The van der Waals surface area contributed by atoms with Crippen LogP contribution < -0.4 is 5.32 Å². The van der Waals surface area contributed by atoms with Crippen molar-refractivity contribution in [3.8, 4) is 0 Å². The number of esters is 1. The number of carbonyl (C=O) groups excluding carboxylic acids is 1. The predicted octanol–water partition coefficient (Wildman–Crippen LogP) is 0.707. The van der Waals surface area contributed by atoms with E-state index in [-0.39, 0.29) is 17.6 Å². The molecule has 0 aromatic rings. The zero-order valence-corrected chi connectivity index (χ0v) is 9.13. The van der Waals surface area contributed by atoms with Crippen molar-refractivity contribution in [3.05, 3.63) is 0 Å². The second-order valence-electron chi connectivity index (χ2n) is 4.21. The van der Waals surface area contributed by atoms with E-state index in [4.69, 9.17) is 9.47 Å². The van der Waals surface area contributed by atoms with E-state index in [2.05, 4.69) is 19.2 Å². The molecule has 4 heteroatoms. The Morgan fingerprint density at radius 2 is 2.36 bits per heavy atom. The van der Waals surface area contributed by atoms with Gasteiger partial charge >= 0.3 is 5.97 Å². The van der Waals surface area contributed by atoms with Gasteiger partial charge in [-0.05, 0) is 20.8 Å². The monoisotopic (exact) mass is 201 g/mol. The van der Waals surface area contributed by atoms with Gasteiger partial charge in [0.25, 0.3) is 0 Å². The van der Waals surface area contributed by atoms with Crippen molar-refractivity contribution in [3.63, 3.8) is 0 Å². The molecule has 4 nitrogen and oxygen atoms in total. The first-order valence-corrected chi connectivity index (χ1v) is 5.06. The van der Waals surface area contributed by atoms with E-state index in [0.717, 1.165) is 0 Å². The van der Waals surface area contributed by atoms with E-state index in [1.54, 1.807) is 6.92 Å². The molecule has 1 atom stereocenters. The normalized spacial score (nSPS) is 25.8. The topological polar surface area (TPSA) is 47.6 Å². The summed E-state index contributed by atoms with van der Waals surface area (Å²) in [6.45, 7) is 7.75. The summed E-state index contributed by atoms with van der Waals surface area (Å²) < 4.78 is 10.4. The first-order valence-electron chi connectivity index (χ1n) is 5.06. The lowest BCUT2D eigenvalue weighted by atomic mass is 10.0. The Morgan fingerprint density at radius 1 is 1.64 bits per heavy atom. The Hall–Kier alpha value is -0.610. The third kappa shape index (κ3) is 3.64. The minimum atomic E-state index is -0.181. The number of carbonyl (C=O) groups is 1. The Morgan fingerprint density at radius 3 is 2.86 bits per heavy atom. The van der Waals surface area contributed by atoms with Gasteiger partial charge in [-0.3, -0.25) is 4.79 Å². The fourth-order valence-electron chi connectivity index (χ4n) is 1.36. The van der Waals surface area contributed by atoms with Crippen LogP contribution in [0.25, 0.3) is 0 Å². The van der Waals surface area contributed by atoms with Gasteiger partial charge in [0, 0.05) is 12.1 Å². The minimum absolute atomic E-state index is 0.0190. The third-order valence-electron chi connectivity index (χ3n) is 2.19. The summed E-state index contributed by atoms with van der Waals surface area (Å²) in [4.78, 5) is 11.1. The van der Waals surface area contributed by atoms with Crippen LogP contribution in [-0.4, -0.2) is 37.4 Å². The lowest BCUT2D eigenvalue weighted by Gasteiger charge is -2.35. The van der Waals surface area contributed by atoms with Crippen molar-refractivity contribution in [2.45, 2.75) is 38.8 Å². The van der Waals surface area contributed by atoms with E-state index in [1.807, 2.05) is 0 Å². The molecule has 1 aliphatic rings. The summed E-state index contributed by atoms with van der Waals surface area (Å²) in [7, 11) is 0. The average molecular weight is 201 g/mol. The first-order chi connectivity index (χ1) is 6.53. The molecule has 1 heterocycles. The van der Waals surface area contributed by atoms with E-state index >= 15 is 0 Å². The van der Waals surface area contributed by atoms with Crippen LogP contribution in [0, 0.1) is 0 Å². The van der Waals surface area contributed by atoms with Crippen molar-refractivity contribution in [2.24, 2.45) is 0 Å². The van der Waals surface area contributed by atoms with Crippen LogP contribution in [0.5, 0.6) is 0 Å². The maximum atomic E-state index is 11.1. The van der Waals surface area contributed by atoms with Gasteiger partial charge in [0.1, 0.15) is 0 Å². The van der Waals surface area contributed by atoms with E-state index < -0.39 is 0 Å². The molecule has 0 aliphatic carbocycles. The molecule has 0 spiro atoms. The van der Waals surface area contributed by atoms with Gasteiger partial charge in [0.2, 0.25) is 0 Å². The molecule has 14 heavy (non-hydrogen) atoms. The molecular formula is C10H19NO3. The van der Waals surface area contributed by atoms with Crippen LogP contribution in [0.2, 0.25) is 0 Å². The fraction of sp³-hybridized carbons (Fsp3) is 0.900. The van der Waals surface area contributed by atoms with Crippen molar-refractivity contribution in [1.29, 1.82) is 0 Å². The predicted molar refractivity (Wildman–Crippen MR) is 53.1 cm³/mol. The highest BCUT2D eigenvalue weighted by molar-refractivity contribution is 5.69. The van der Waals surface area contributed by atoms with Crippen LogP contribution in [-0.2, 0) is 14.3 Å². The van der Waals surface area contributed by atoms with Gasteiger partial charge in [0.15, 0.2) is 0 Å². The summed E-state index contributed by atoms with van der Waals surface area (Å²) in [5.41, 5.74) is 0.0190. The smallest absolute Gasteiger partial charge is 0.308 e. The highest BCUT2D eigenvalue weighted by atomic mass is 16.5. The zero-order valence-electron chi connectivity index (χ0n) is 9.13. The highest BCUT2D eigenvalue weighted by Gasteiger charge is 2.28. The largest absolute Gasteiger partial charge is 0.466 e. The highest BCUT2D eigenvalue weighted by Crippen LogP contribution is 2.13. The summed E-state index contributed by atoms with van der Waals surface area (Å²) in [6.07, 6.45) is 0.304. The summed E-state index contributed by atoms with van der Waals surface area (Å²) in [5.74, 6) is -0.181. The molecule has 0 saturated carbocycles. The van der Waals surface area contributed by atoms with Crippen LogP contribution in [0.4, 0.5) is 0 Å². The molecular weight excluding hydrogens is 182 g/mol.